The first-order chi connectivity index (χ1) is 15.4. The molecule has 2 aliphatic heterocycles. The summed E-state index contributed by atoms with van der Waals surface area (Å²) in [7, 11) is 0. The number of halogens is 2. The number of carbonyl (C=O) groups is 1. The molecule has 3 aromatic rings. The lowest BCUT2D eigenvalue weighted by Crippen LogP contribution is -2.49. The molecule has 3 heterocycles. The summed E-state index contributed by atoms with van der Waals surface area (Å²) in [5, 5.41) is 11.1. The van der Waals surface area contributed by atoms with Gasteiger partial charge in [0.2, 0.25) is 5.91 Å². The van der Waals surface area contributed by atoms with E-state index in [9.17, 15) is 19.1 Å². The molecule has 1 amide bonds. The molecule has 166 valence electrons. The Bertz CT molecular complexity index is 1300. The second-order valence-electron chi connectivity index (χ2n) is 7.80. The van der Waals surface area contributed by atoms with Crippen molar-refractivity contribution in [2.75, 3.05) is 37.7 Å². The van der Waals surface area contributed by atoms with Gasteiger partial charge in [-0.25, -0.2) is 9.18 Å². The first-order valence-electron chi connectivity index (χ1n) is 10.2. The smallest absolute Gasteiger partial charge is 0.350 e. The third kappa shape index (κ3) is 3.15. The molecule has 1 N–H and O–H groups in total. The number of amides is 1. The van der Waals surface area contributed by atoms with Gasteiger partial charge in [-0.1, -0.05) is 17.7 Å². The average Bonchev–Trinajstić information content (AvgIpc) is 2.77. The van der Waals surface area contributed by atoms with Crippen LogP contribution < -0.4 is 15.3 Å². The minimum Gasteiger partial charge on any atom is -0.507 e. The summed E-state index contributed by atoms with van der Waals surface area (Å²) in [6, 6.07) is 5.62. The zero-order valence-electron chi connectivity index (χ0n) is 17.3. The monoisotopic (exact) mass is 458 g/mol. The van der Waals surface area contributed by atoms with Crippen LogP contribution in [0, 0.1) is 5.82 Å². The molecule has 1 saturated heterocycles. The number of hydrogen-bond acceptors (Lipinski definition) is 6. The molecule has 2 aliphatic rings. The number of aromatic hydroxyl groups is 1. The highest BCUT2D eigenvalue weighted by atomic mass is 35.5. The van der Waals surface area contributed by atoms with Crippen molar-refractivity contribution in [3.05, 3.63) is 45.6 Å². The Kier molecular flexibility index (Phi) is 4.93. The fourth-order valence-electron chi connectivity index (χ4n) is 4.42. The van der Waals surface area contributed by atoms with Crippen LogP contribution >= 0.6 is 11.6 Å². The molecule has 0 aliphatic carbocycles. The molecule has 2 aromatic carbocycles. The lowest BCUT2D eigenvalue weighted by atomic mass is 9.99. The molecule has 0 unspecified atom stereocenters. The number of hydrogen-bond donors (Lipinski definition) is 1. The van der Waals surface area contributed by atoms with E-state index in [0.717, 1.165) is 0 Å². The number of ether oxygens (including phenoxy) is 1. The molecule has 0 bridgehead atoms. The van der Waals surface area contributed by atoms with Crippen molar-refractivity contribution in [3.8, 4) is 22.6 Å². The number of phenolic OH excluding ortho intramolecular Hbond substituents is 1. The molecular formula is C22H20ClFN4O4. The second-order valence-corrected chi connectivity index (χ2v) is 8.21. The van der Waals surface area contributed by atoms with Crippen LogP contribution in [0.25, 0.3) is 22.0 Å². The van der Waals surface area contributed by atoms with Crippen molar-refractivity contribution in [1.29, 1.82) is 0 Å². The highest BCUT2D eigenvalue weighted by Gasteiger charge is 2.30. The Morgan fingerprint density at radius 3 is 2.62 bits per heavy atom. The first kappa shape index (κ1) is 20.6. The maximum atomic E-state index is 14.7. The Balaban J connectivity index is 1.74. The van der Waals surface area contributed by atoms with Gasteiger partial charge in [0.1, 0.15) is 24.0 Å². The van der Waals surface area contributed by atoms with E-state index in [-0.39, 0.29) is 46.7 Å². The van der Waals surface area contributed by atoms with E-state index >= 15 is 0 Å². The predicted octanol–water partition coefficient (Wildman–Crippen LogP) is 2.62. The van der Waals surface area contributed by atoms with Gasteiger partial charge in [-0.2, -0.15) is 4.98 Å². The van der Waals surface area contributed by atoms with E-state index in [1.807, 2.05) is 4.90 Å². The van der Waals surface area contributed by atoms with E-state index in [1.165, 1.54) is 29.7 Å². The number of benzene rings is 2. The predicted molar refractivity (Wildman–Crippen MR) is 118 cm³/mol. The number of anilines is 1. The minimum atomic E-state index is -0.653. The quantitative estimate of drug-likeness (QED) is 0.635. The topological polar surface area (TPSA) is 87.9 Å². The van der Waals surface area contributed by atoms with Gasteiger partial charge in [-0.15, -0.1) is 0 Å². The normalized spacial score (nSPS) is 15.7. The molecule has 1 fully saturated rings. The average molecular weight is 459 g/mol. The molecule has 10 heteroatoms. The lowest BCUT2D eigenvalue weighted by Gasteiger charge is -2.36. The number of phenols is 1. The van der Waals surface area contributed by atoms with Crippen LogP contribution in [-0.2, 0) is 11.3 Å². The molecule has 1 aromatic heterocycles. The highest BCUT2D eigenvalue weighted by molar-refractivity contribution is 6.35. The molecule has 0 saturated carbocycles. The summed E-state index contributed by atoms with van der Waals surface area (Å²) in [6.07, 6.45) is 0. The van der Waals surface area contributed by atoms with Crippen LogP contribution in [-0.4, -0.2) is 58.3 Å². The Morgan fingerprint density at radius 1 is 1.19 bits per heavy atom. The maximum absolute atomic E-state index is 14.7. The largest absolute Gasteiger partial charge is 0.507 e. The highest BCUT2D eigenvalue weighted by Crippen LogP contribution is 2.48. The van der Waals surface area contributed by atoms with E-state index < -0.39 is 11.5 Å². The SMILES string of the molecule is CC(=O)N1CCN(c2nc(=O)n3c4c(c(-c5c(O)cccc5F)c(Cl)cc24)OCC3)CC1. The van der Waals surface area contributed by atoms with Crippen molar-refractivity contribution in [1.82, 2.24) is 14.5 Å². The van der Waals surface area contributed by atoms with Gasteiger partial charge in [0.15, 0.2) is 5.75 Å². The van der Waals surface area contributed by atoms with Gasteiger partial charge < -0.3 is 19.6 Å². The third-order valence-corrected chi connectivity index (χ3v) is 6.28. The number of carbonyl (C=O) groups excluding carboxylic acids is 1. The van der Waals surface area contributed by atoms with Crippen molar-refractivity contribution in [2.45, 2.75) is 13.5 Å². The van der Waals surface area contributed by atoms with Crippen LogP contribution in [0.1, 0.15) is 6.92 Å². The minimum absolute atomic E-state index is 0.000330. The molecular weight excluding hydrogens is 439 g/mol. The van der Waals surface area contributed by atoms with Crippen LogP contribution in [0.5, 0.6) is 11.5 Å². The molecule has 0 spiro atoms. The molecule has 8 nitrogen and oxygen atoms in total. The number of aromatic nitrogens is 2. The van der Waals surface area contributed by atoms with Crippen LogP contribution in [0.2, 0.25) is 5.02 Å². The van der Waals surface area contributed by atoms with Crippen LogP contribution in [0.3, 0.4) is 0 Å². The Labute approximate surface area is 187 Å². The number of piperazine rings is 1. The summed E-state index contributed by atoms with van der Waals surface area (Å²) >= 11 is 6.61. The summed E-state index contributed by atoms with van der Waals surface area (Å²) in [5.41, 5.74) is 0.129. The molecule has 0 radical (unpaired) electrons. The zero-order chi connectivity index (χ0) is 22.6. The zero-order valence-corrected chi connectivity index (χ0v) is 18.0. The summed E-state index contributed by atoms with van der Waals surface area (Å²) < 4.78 is 22.1. The van der Waals surface area contributed by atoms with Crippen molar-refractivity contribution in [2.24, 2.45) is 0 Å². The summed E-state index contributed by atoms with van der Waals surface area (Å²) in [5.74, 6) is -0.245. The molecule has 5 rings (SSSR count). The van der Waals surface area contributed by atoms with Crippen molar-refractivity contribution < 1.29 is 19.0 Å². The lowest BCUT2D eigenvalue weighted by molar-refractivity contribution is -0.129. The fraction of sp³-hybridized carbons (Fsp3) is 0.318. The van der Waals surface area contributed by atoms with Crippen LogP contribution in [0.4, 0.5) is 10.2 Å². The van der Waals surface area contributed by atoms with Gasteiger partial charge in [0.25, 0.3) is 0 Å². The van der Waals surface area contributed by atoms with Gasteiger partial charge in [-0.3, -0.25) is 9.36 Å². The van der Waals surface area contributed by atoms with E-state index in [4.69, 9.17) is 16.3 Å². The Hall–Kier alpha value is -3.33. The van der Waals surface area contributed by atoms with Crippen LogP contribution in [0.15, 0.2) is 29.1 Å². The van der Waals surface area contributed by atoms with E-state index in [0.29, 0.717) is 42.9 Å². The summed E-state index contributed by atoms with van der Waals surface area (Å²) in [4.78, 5) is 32.6. The second kappa shape index (κ2) is 7.67. The fourth-order valence-corrected chi connectivity index (χ4v) is 4.71. The van der Waals surface area contributed by atoms with Gasteiger partial charge in [0.05, 0.1) is 28.2 Å². The van der Waals surface area contributed by atoms with Crippen molar-refractivity contribution in [3.63, 3.8) is 0 Å². The van der Waals surface area contributed by atoms with Gasteiger partial charge >= 0.3 is 5.69 Å². The third-order valence-electron chi connectivity index (χ3n) is 5.98. The standard InChI is InChI=1S/C22H20ClFN4O4/c1-12(29)26-5-7-27(8-6-26)21-13-11-14(23)17(18-15(24)3-2-4-16(18)30)20-19(13)28(9-10-32-20)22(31)25-21/h2-4,11,30H,5-10H2,1H3. The number of rotatable bonds is 2. The van der Waals surface area contributed by atoms with E-state index in [2.05, 4.69) is 4.98 Å². The van der Waals surface area contributed by atoms with Crippen molar-refractivity contribution >= 4 is 34.2 Å². The molecule has 32 heavy (non-hydrogen) atoms. The van der Waals surface area contributed by atoms with E-state index in [1.54, 1.807) is 11.0 Å². The summed E-state index contributed by atoms with van der Waals surface area (Å²) in [6.45, 7) is 4.05. The molecule has 0 atom stereocenters. The van der Waals surface area contributed by atoms with Gasteiger partial charge in [-0.05, 0) is 18.2 Å². The maximum Gasteiger partial charge on any atom is 0.350 e. The Morgan fingerprint density at radius 2 is 1.94 bits per heavy atom. The first-order valence-corrected chi connectivity index (χ1v) is 10.6. The number of nitrogens with zero attached hydrogens (tertiary/aromatic N) is 4. The van der Waals surface area contributed by atoms with Gasteiger partial charge in [0, 0.05) is 38.5 Å².